The fourth-order valence-corrected chi connectivity index (χ4v) is 1.13. The van der Waals surface area contributed by atoms with Crippen LogP contribution in [-0.4, -0.2) is 23.0 Å². The first-order chi connectivity index (χ1) is 6.40. The van der Waals surface area contributed by atoms with Gasteiger partial charge in [-0.25, -0.2) is 4.99 Å². The number of hydrogen-bond acceptors (Lipinski definition) is 4. The summed E-state index contributed by atoms with van der Waals surface area (Å²) in [6.45, 7) is 0.527. The third kappa shape index (κ3) is 1.56. The third-order valence-corrected chi connectivity index (χ3v) is 1.78. The highest BCUT2D eigenvalue weighted by molar-refractivity contribution is 5.92. The zero-order valence-electron chi connectivity index (χ0n) is 7.27. The van der Waals surface area contributed by atoms with Gasteiger partial charge in [-0.3, -0.25) is 9.97 Å². The Labute approximate surface area is 76.0 Å². The van der Waals surface area contributed by atoms with E-state index < -0.39 is 0 Å². The molecule has 0 bridgehead atoms. The topological polar surface area (TPSA) is 47.4 Å². The molecule has 0 fully saturated rings. The maximum atomic E-state index is 5.01. The molecule has 0 amide bonds. The first-order valence-corrected chi connectivity index (χ1v) is 3.96. The van der Waals surface area contributed by atoms with E-state index in [0.717, 1.165) is 11.4 Å². The van der Waals surface area contributed by atoms with Gasteiger partial charge in [0.15, 0.2) is 0 Å². The van der Waals surface area contributed by atoms with E-state index in [1.54, 1.807) is 25.6 Å². The zero-order chi connectivity index (χ0) is 9.10. The van der Waals surface area contributed by atoms with Crippen LogP contribution < -0.4 is 0 Å². The van der Waals surface area contributed by atoms with E-state index in [-0.39, 0.29) is 0 Å². The predicted molar refractivity (Wildman–Crippen MR) is 49.2 cm³/mol. The number of methoxy groups -OCH3 is 1. The van der Waals surface area contributed by atoms with Gasteiger partial charge in [-0.1, -0.05) is 0 Å². The molecule has 0 N–H and O–H groups in total. The Bertz CT molecular complexity index is 371. The van der Waals surface area contributed by atoms with E-state index >= 15 is 0 Å². The van der Waals surface area contributed by atoms with Crippen molar-refractivity contribution in [2.45, 2.75) is 6.54 Å². The van der Waals surface area contributed by atoms with Crippen LogP contribution in [0.1, 0.15) is 11.4 Å². The molecule has 2 rings (SSSR count). The Morgan fingerprint density at radius 2 is 2.08 bits per heavy atom. The summed E-state index contributed by atoms with van der Waals surface area (Å²) in [5, 5.41) is 0. The molecule has 1 aromatic rings. The number of aromatic nitrogens is 2. The van der Waals surface area contributed by atoms with Crippen molar-refractivity contribution in [1.82, 2.24) is 9.97 Å². The molecule has 4 heteroatoms. The van der Waals surface area contributed by atoms with Gasteiger partial charge in [0.2, 0.25) is 5.90 Å². The maximum absolute atomic E-state index is 5.01. The van der Waals surface area contributed by atoms with Gasteiger partial charge in [-0.2, -0.15) is 0 Å². The smallest absolute Gasteiger partial charge is 0.208 e. The lowest BCUT2D eigenvalue weighted by molar-refractivity contribution is 0.404. The van der Waals surface area contributed by atoms with Crippen LogP contribution in [0.3, 0.4) is 0 Å². The SMILES string of the molecule is COC1=NCc2nccnc2C=C1. The Kier molecular flexibility index (Phi) is 2.04. The minimum absolute atomic E-state index is 0.527. The number of fused-ring (bicyclic) bond motifs is 1. The van der Waals surface area contributed by atoms with Crippen LogP contribution in [0.5, 0.6) is 0 Å². The van der Waals surface area contributed by atoms with Gasteiger partial charge < -0.3 is 4.74 Å². The fraction of sp³-hybridized carbons (Fsp3) is 0.222. The van der Waals surface area contributed by atoms with E-state index in [1.165, 1.54) is 0 Å². The first-order valence-electron chi connectivity index (χ1n) is 3.96. The van der Waals surface area contributed by atoms with Crippen molar-refractivity contribution < 1.29 is 4.74 Å². The summed E-state index contributed by atoms with van der Waals surface area (Å²) in [4.78, 5) is 12.5. The predicted octanol–water partition coefficient (Wildman–Crippen LogP) is 1.05. The summed E-state index contributed by atoms with van der Waals surface area (Å²) in [6, 6.07) is 0. The van der Waals surface area contributed by atoms with E-state index in [1.807, 2.05) is 6.08 Å². The molecule has 13 heavy (non-hydrogen) atoms. The van der Waals surface area contributed by atoms with E-state index in [0.29, 0.717) is 12.4 Å². The minimum atomic E-state index is 0.527. The van der Waals surface area contributed by atoms with Crippen molar-refractivity contribution in [2.24, 2.45) is 4.99 Å². The van der Waals surface area contributed by atoms with E-state index in [2.05, 4.69) is 15.0 Å². The largest absolute Gasteiger partial charge is 0.481 e. The van der Waals surface area contributed by atoms with Crippen LogP contribution in [0.4, 0.5) is 0 Å². The lowest BCUT2D eigenvalue weighted by Crippen LogP contribution is -1.96. The molecule has 1 aromatic heterocycles. The van der Waals surface area contributed by atoms with Gasteiger partial charge in [0.25, 0.3) is 0 Å². The number of rotatable bonds is 0. The van der Waals surface area contributed by atoms with Gasteiger partial charge >= 0.3 is 0 Å². The standard InChI is InChI=1S/C9H9N3O/c1-13-9-3-2-7-8(6-12-9)11-5-4-10-7/h2-5H,6H2,1H3. The molecular weight excluding hydrogens is 166 g/mol. The Morgan fingerprint density at radius 1 is 1.23 bits per heavy atom. The highest BCUT2D eigenvalue weighted by Gasteiger charge is 2.05. The Morgan fingerprint density at radius 3 is 2.92 bits per heavy atom. The molecule has 0 spiro atoms. The molecule has 0 aromatic carbocycles. The van der Waals surface area contributed by atoms with Crippen molar-refractivity contribution in [3.05, 3.63) is 29.9 Å². The second-order valence-electron chi connectivity index (χ2n) is 2.58. The number of hydrogen-bond donors (Lipinski definition) is 0. The molecular formula is C9H9N3O. The molecule has 0 unspecified atom stereocenters. The normalized spacial score (nSPS) is 14.4. The lowest BCUT2D eigenvalue weighted by atomic mass is 10.3. The molecule has 2 heterocycles. The van der Waals surface area contributed by atoms with E-state index in [9.17, 15) is 0 Å². The molecule has 4 nitrogen and oxygen atoms in total. The number of nitrogens with zero attached hydrogens (tertiary/aromatic N) is 3. The van der Waals surface area contributed by atoms with Crippen LogP contribution in [0.25, 0.3) is 6.08 Å². The third-order valence-electron chi connectivity index (χ3n) is 1.78. The second-order valence-corrected chi connectivity index (χ2v) is 2.58. The molecule has 0 saturated carbocycles. The molecule has 1 aliphatic rings. The first kappa shape index (κ1) is 7.91. The van der Waals surface area contributed by atoms with Crippen molar-refractivity contribution in [1.29, 1.82) is 0 Å². The van der Waals surface area contributed by atoms with Crippen LogP contribution in [-0.2, 0) is 11.3 Å². The summed E-state index contributed by atoms with van der Waals surface area (Å²) in [6.07, 6.45) is 6.99. The van der Waals surface area contributed by atoms with E-state index in [4.69, 9.17) is 4.74 Å². The molecule has 0 aliphatic carbocycles. The number of aliphatic imine (C=N–C) groups is 1. The average Bonchev–Trinajstić information content (AvgIpc) is 2.39. The van der Waals surface area contributed by atoms with Gasteiger partial charge in [0.05, 0.1) is 25.0 Å². The summed E-state index contributed by atoms with van der Waals surface area (Å²) >= 11 is 0. The Balaban J connectivity index is 2.39. The Hall–Kier alpha value is -1.71. The van der Waals surface area contributed by atoms with Crippen LogP contribution in [0.15, 0.2) is 23.5 Å². The van der Waals surface area contributed by atoms with Crippen molar-refractivity contribution >= 4 is 12.0 Å². The molecule has 66 valence electrons. The summed E-state index contributed by atoms with van der Waals surface area (Å²) < 4.78 is 5.01. The van der Waals surface area contributed by atoms with Crippen molar-refractivity contribution in [3.8, 4) is 0 Å². The lowest BCUT2D eigenvalue weighted by Gasteiger charge is -1.97. The molecule has 0 saturated heterocycles. The molecule has 1 aliphatic heterocycles. The monoisotopic (exact) mass is 175 g/mol. The highest BCUT2D eigenvalue weighted by Crippen LogP contribution is 2.09. The zero-order valence-corrected chi connectivity index (χ0v) is 7.27. The minimum Gasteiger partial charge on any atom is -0.481 e. The van der Waals surface area contributed by atoms with Crippen LogP contribution in [0, 0.1) is 0 Å². The molecule has 0 radical (unpaired) electrons. The summed E-state index contributed by atoms with van der Waals surface area (Å²) in [5.74, 6) is 0.611. The van der Waals surface area contributed by atoms with Gasteiger partial charge in [0.1, 0.15) is 0 Å². The summed E-state index contributed by atoms with van der Waals surface area (Å²) in [5.41, 5.74) is 1.74. The van der Waals surface area contributed by atoms with Crippen LogP contribution in [0.2, 0.25) is 0 Å². The molecule has 0 atom stereocenters. The van der Waals surface area contributed by atoms with Gasteiger partial charge in [-0.15, -0.1) is 0 Å². The van der Waals surface area contributed by atoms with Crippen molar-refractivity contribution in [3.63, 3.8) is 0 Å². The number of ether oxygens (including phenoxy) is 1. The maximum Gasteiger partial charge on any atom is 0.208 e. The summed E-state index contributed by atoms with van der Waals surface area (Å²) in [7, 11) is 1.60. The fourth-order valence-electron chi connectivity index (χ4n) is 1.13. The van der Waals surface area contributed by atoms with Gasteiger partial charge in [0, 0.05) is 18.5 Å². The van der Waals surface area contributed by atoms with Gasteiger partial charge in [-0.05, 0) is 6.08 Å². The highest BCUT2D eigenvalue weighted by atomic mass is 16.5. The quantitative estimate of drug-likeness (QED) is 0.592. The average molecular weight is 175 g/mol. The second kappa shape index (κ2) is 3.35. The van der Waals surface area contributed by atoms with Crippen molar-refractivity contribution in [2.75, 3.05) is 7.11 Å². The van der Waals surface area contributed by atoms with Crippen LogP contribution >= 0.6 is 0 Å².